The number of nitrogens with zero attached hydrogens (tertiary/aromatic N) is 1. The lowest BCUT2D eigenvalue weighted by molar-refractivity contribution is -0.111. The number of pyridine rings is 1. The van der Waals surface area contributed by atoms with Gasteiger partial charge in [0.15, 0.2) is 0 Å². The lowest BCUT2D eigenvalue weighted by Gasteiger charge is -2.10. The zero-order valence-electron chi connectivity index (χ0n) is 17.1. The molecule has 0 spiro atoms. The third kappa shape index (κ3) is 3.96. The van der Waals surface area contributed by atoms with E-state index in [0.29, 0.717) is 11.4 Å². The second kappa shape index (κ2) is 8.25. The lowest BCUT2D eigenvalue weighted by atomic mass is 9.99. The first-order chi connectivity index (χ1) is 14.5. The number of amides is 1. The number of rotatable bonds is 5. The quantitative estimate of drug-likeness (QED) is 0.428. The molecule has 150 valence electrons. The zero-order valence-corrected chi connectivity index (χ0v) is 17.1. The summed E-state index contributed by atoms with van der Waals surface area (Å²) in [5.74, 6) is 0.420. The molecule has 0 fully saturated rings. The van der Waals surface area contributed by atoms with Crippen LogP contribution in [-0.4, -0.2) is 18.0 Å². The van der Waals surface area contributed by atoms with E-state index in [1.165, 1.54) is 5.56 Å². The standard InChI is InChI=1S/C25H22N2O3/c1-16-6-8-18(9-7-16)22-15-30-24-13-23(29-3)20(12-21(22)24)17(2)11-25(28)27-19-5-4-10-26-14-19/h4-15H,1-3H3,(H,27,28)/b17-11+. The van der Waals surface area contributed by atoms with Crippen molar-refractivity contribution in [2.24, 2.45) is 0 Å². The van der Waals surface area contributed by atoms with Gasteiger partial charge in [-0.15, -0.1) is 0 Å². The number of carbonyl (C=O) groups is 1. The lowest BCUT2D eigenvalue weighted by Crippen LogP contribution is -2.08. The predicted octanol–water partition coefficient (Wildman–Crippen LogP) is 5.85. The summed E-state index contributed by atoms with van der Waals surface area (Å²) in [4.78, 5) is 16.5. The van der Waals surface area contributed by atoms with E-state index in [-0.39, 0.29) is 5.91 Å². The number of carbonyl (C=O) groups excluding carboxylic acids is 1. The van der Waals surface area contributed by atoms with Crippen LogP contribution in [0.5, 0.6) is 5.75 Å². The molecular formula is C25H22N2O3. The maximum atomic E-state index is 12.5. The summed E-state index contributed by atoms with van der Waals surface area (Å²) < 4.78 is 11.3. The molecule has 4 rings (SSSR count). The predicted molar refractivity (Wildman–Crippen MR) is 119 cm³/mol. The fourth-order valence-electron chi connectivity index (χ4n) is 3.38. The van der Waals surface area contributed by atoms with Gasteiger partial charge in [-0.05, 0) is 43.2 Å². The second-order valence-electron chi connectivity index (χ2n) is 7.12. The van der Waals surface area contributed by atoms with Crippen LogP contribution in [0.2, 0.25) is 0 Å². The van der Waals surface area contributed by atoms with E-state index in [1.54, 1.807) is 44.0 Å². The molecule has 0 unspecified atom stereocenters. The summed E-state index contributed by atoms with van der Waals surface area (Å²) in [6, 6.07) is 15.7. The average Bonchev–Trinajstić information content (AvgIpc) is 3.16. The van der Waals surface area contributed by atoms with Gasteiger partial charge in [0.2, 0.25) is 5.91 Å². The van der Waals surface area contributed by atoms with E-state index in [1.807, 2.05) is 19.1 Å². The molecule has 2 heterocycles. The number of aromatic nitrogens is 1. The topological polar surface area (TPSA) is 64.4 Å². The first kappa shape index (κ1) is 19.5. The number of anilines is 1. The highest BCUT2D eigenvalue weighted by atomic mass is 16.5. The minimum absolute atomic E-state index is 0.228. The third-order valence-electron chi connectivity index (χ3n) is 4.96. The van der Waals surface area contributed by atoms with Gasteiger partial charge in [0.25, 0.3) is 0 Å². The van der Waals surface area contributed by atoms with Crippen molar-refractivity contribution in [3.8, 4) is 16.9 Å². The Morgan fingerprint density at radius 2 is 1.97 bits per heavy atom. The number of allylic oxidation sites excluding steroid dienone is 1. The monoisotopic (exact) mass is 398 g/mol. The highest BCUT2D eigenvalue weighted by molar-refractivity contribution is 6.05. The van der Waals surface area contributed by atoms with Crippen molar-refractivity contribution in [1.29, 1.82) is 0 Å². The van der Waals surface area contributed by atoms with Gasteiger partial charge < -0.3 is 14.5 Å². The van der Waals surface area contributed by atoms with Crippen molar-refractivity contribution >= 4 is 28.1 Å². The molecule has 1 amide bonds. The largest absolute Gasteiger partial charge is 0.496 e. The number of hydrogen-bond acceptors (Lipinski definition) is 4. The number of fused-ring (bicyclic) bond motifs is 1. The Kier molecular flexibility index (Phi) is 5.35. The molecule has 5 nitrogen and oxygen atoms in total. The van der Waals surface area contributed by atoms with Gasteiger partial charge in [-0.1, -0.05) is 29.8 Å². The number of nitrogens with one attached hydrogen (secondary N) is 1. The number of methoxy groups -OCH3 is 1. The minimum atomic E-state index is -0.228. The van der Waals surface area contributed by atoms with Crippen molar-refractivity contribution in [3.05, 3.63) is 84.4 Å². The Morgan fingerprint density at radius 3 is 2.67 bits per heavy atom. The molecule has 0 radical (unpaired) electrons. The molecule has 30 heavy (non-hydrogen) atoms. The first-order valence-electron chi connectivity index (χ1n) is 9.61. The van der Waals surface area contributed by atoms with Crippen LogP contribution in [0.25, 0.3) is 27.7 Å². The minimum Gasteiger partial charge on any atom is -0.496 e. The second-order valence-corrected chi connectivity index (χ2v) is 7.12. The van der Waals surface area contributed by atoms with E-state index in [9.17, 15) is 4.79 Å². The van der Waals surface area contributed by atoms with Crippen LogP contribution in [0.15, 0.2) is 77.7 Å². The van der Waals surface area contributed by atoms with Crippen LogP contribution in [0.3, 0.4) is 0 Å². The van der Waals surface area contributed by atoms with E-state index in [2.05, 4.69) is 41.5 Å². The van der Waals surface area contributed by atoms with Crippen molar-refractivity contribution in [2.45, 2.75) is 13.8 Å². The van der Waals surface area contributed by atoms with Crippen LogP contribution in [-0.2, 0) is 4.79 Å². The van der Waals surface area contributed by atoms with E-state index < -0.39 is 0 Å². The SMILES string of the molecule is COc1cc2occ(-c3ccc(C)cc3)c2cc1/C(C)=C/C(=O)Nc1cccnc1. The van der Waals surface area contributed by atoms with Gasteiger partial charge in [0, 0.05) is 34.9 Å². The van der Waals surface area contributed by atoms with Crippen molar-refractivity contribution in [1.82, 2.24) is 4.98 Å². The van der Waals surface area contributed by atoms with Crippen LogP contribution < -0.4 is 10.1 Å². The maximum absolute atomic E-state index is 12.5. The Labute approximate surface area is 175 Å². The summed E-state index contributed by atoms with van der Waals surface area (Å²) in [6.07, 6.45) is 6.58. The van der Waals surface area contributed by atoms with Crippen LogP contribution >= 0.6 is 0 Å². The number of aryl methyl sites for hydroxylation is 1. The summed E-state index contributed by atoms with van der Waals surface area (Å²) in [6.45, 7) is 3.95. The van der Waals surface area contributed by atoms with Crippen LogP contribution in [0.4, 0.5) is 5.69 Å². The summed E-state index contributed by atoms with van der Waals surface area (Å²) in [7, 11) is 1.61. The molecule has 0 saturated heterocycles. The molecule has 2 aromatic heterocycles. The summed E-state index contributed by atoms with van der Waals surface area (Å²) >= 11 is 0. The smallest absolute Gasteiger partial charge is 0.248 e. The number of ether oxygens (including phenoxy) is 1. The molecule has 1 N–H and O–H groups in total. The van der Waals surface area contributed by atoms with Crippen molar-refractivity contribution < 1.29 is 13.9 Å². The highest BCUT2D eigenvalue weighted by Gasteiger charge is 2.15. The Hall–Kier alpha value is -3.86. The molecule has 0 bridgehead atoms. The van der Waals surface area contributed by atoms with Gasteiger partial charge in [-0.3, -0.25) is 9.78 Å². The van der Waals surface area contributed by atoms with Gasteiger partial charge in [0.05, 0.1) is 25.3 Å². The number of benzene rings is 2. The highest BCUT2D eigenvalue weighted by Crippen LogP contribution is 2.37. The van der Waals surface area contributed by atoms with Crippen molar-refractivity contribution in [2.75, 3.05) is 12.4 Å². The van der Waals surface area contributed by atoms with Gasteiger partial charge in [-0.2, -0.15) is 0 Å². The fraction of sp³-hybridized carbons (Fsp3) is 0.120. The Morgan fingerprint density at radius 1 is 1.17 bits per heavy atom. The number of hydrogen-bond donors (Lipinski definition) is 1. The fourth-order valence-corrected chi connectivity index (χ4v) is 3.38. The maximum Gasteiger partial charge on any atom is 0.248 e. The normalized spacial score (nSPS) is 11.5. The third-order valence-corrected chi connectivity index (χ3v) is 4.96. The van der Waals surface area contributed by atoms with Crippen LogP contribution in [0.1, 0.15) is 18.1 Å². The van der Waals surface area contributed by atoms with E-state index >= 15 is 0 Å². The zero-order chi connectivity index (χ0) is 21.1. The van der Waals surface area contributed by atoms with Crippen LogP contribution in [0, 0.1) is 6.92 Å². The summed E-state index contributed by atoms with van der Waals surface area (Å²) in [5, 5.41) is 3.79. The van der Waals surface area contributed by atoms with Gasteiger partial charge in [0.1, 0.15) is 11.3 Å². The van der Waals surface area contributed by atoms with Gasteiger partial charge in [-0.25, -0.2) is 0 Å². The molecule has 0 saturated carbocycles. The molecule has 2 aromatic carbocycles. The Balaban J connectivity index is 1.72. The molecule has 0 aliphatic rings. The summed E-state index contributed by atoms with van der Waals surface area (Å²) in [5.41, 5.74) is 6.27. The molecule has 0 aliphatic carbocycles. The molecule has 5 heteroatoms. The molecule has 0 aliphatic heterocycles. The first-order valence-corrected chi connectivity index (χ1v) is 9.61. The molecule has 0 atom stereocenters. The number of furan rings is 1. The van der Waals surface area contributed by atoms with Crippen molar-refractivity contribution in [3.63, 3.8) is 0 Å². The Bertz CT molecular complexity index is 1220. The van der Waals surface area contributed by atoms with E-state index in [0.717, 1.165) is 33.2 Å². The molecular weight excluding hydrogens is 376 g/mol. The van der Waals surface area contributed by atoms with E-state index in [4.69, 9.17) is 9.15 Å². The van der Waals surface area contributed by atoms with Gasteiger partial charge >= 0.3 is 0 Å². The molecule has 4 aromatic rings. The average molecular weight is 398 g/mol.